The molecule has 1 aromatic rings. The topological polar surface area (TPSA) is 31.4 Å². The van der Waals surface area contributed by atoms with Gasteiger partial charge < -0.3 is 10.2 Å². The molecule has 1 unspecified atom stereocenters. The van der Waals surface area contributed by atoms with Crippen LogP contribution in [-0.4, -0.2) is 49.2 Å². The van der Waals surface area contributed by atoms with E-state index in [2.05, 4.69) is 53.1 Å². The SMILES string of the molecule is CCN(C)c1ccc(CN2CCNC(C)C2)cn1. The molecule has 1 aliphatic rings. The zero-order valence-electron chi connectivity index (χ0n) is 11.7. The molecule has 2 heterocycles. The van der Waals surface area contributed by atoms with Gasteiger partial charge in [0.25, 0.3) is 0 Å². The van der Waals surface area contributed by atoms with Crippen LogP contribution in [0.5, 0.6) is 0 Å². The standard InChI is InChI=1S/C14H24N4/c1-4-17(3)14-6-5-13(9-16-14)11-18-8-7-15-12(2)10-18/h5-6,9,12,15H,4,7-8,10-11H2,1-3H3. The Bertz CT molecular complexity index is 363. The maximum absolute atomic E-state index is 4.52. The van der Waals surface area contributed by atoms with Crippen molar-refractivity contribution in [3.05, 3.63) is 23.9 Å². The molecule has 0 aromatic carbocycles. The van der Waals surface area contributed by atoms with Crippen molar-refractivity contribution in [3.8, 4) is 0 Å². The fourth-order valence-corrected chi connectivity index (χ4v) is 2.31. The van der Waals surface area contributed by atoms with Crippen molar-refractivity contribution in [2.75, 3.05) is 38.1 Å². The number of anilines is 1. The molecule has 0 bridgehead atoms. The minimum Gasteiger partial charge on any atom is -0.360 e. The summed E-state index contributed by atoms with van der Waals surface area (Å²) in [5.74, 6) is 1.05. The summed E-state index contributed by atoms with van der Waals surface area (Å²) in [6, 6.07) is 4.91. The molecule has 100 valence electrons. The Kier molecular flexibility index (Phi) is 4.55. The monoisotopic (exact) mass is 248 g/mol. The highest BCUT2D eigenvalue weighted by molar-refractivity contribution is 5.37. The molecule has 0 aliphatic carbocycles. The van der Waals surface area contributed by atoms with Gasteiger partial charge in [0.1, 0.15) is 5.82 Å². The minimum absolute atomic E-state index is 0.595. The van der Waals surface area contributed by atoms with E-state index in [9.17, 15) is 0 Å². The van der Waals surface area contributed by atoms with Crippen LogP contribution in [0.4, 0.5) is 5.82 Å². The lowest BCUT2D eigenvalue weighted by Crippen LogP contribution is -2.48. The first-order chi connectivity index (χ1) is 8.69. The van der Waals surface area contributed by atoms with E-state index in [1.165, 1.54) is 5.56 Å². The number of rotatable bonds is 4. The fourth-order valence-electron chi connectivity index (χ4n) is 2.31. The van der Waals surface area contributed by atoms with Crippen molar-refractivity contribution in [1.29, 1.82) is 0 Å². The largest absolute Gasteiger partial charge is 0.360 e. The average molecular weight is 248 g/mol. The lowest BCUT2D eigenvalue weighted by atomic mass is 10.2. The predicted octanol–water partition coefficient (Wildman–Crippen LogP) is 1.33. The molecule has 4 nitrogen and oxygen atoms in total. The van der Waals surface area contributed by atoms with Gasteiger partial charge >= 0.3 is 0 Å². The molecular formula is C14H24N4. The van der Waals surface area contributed by atoms with Crippen LogP contribution in [-0.2, 0) is 6.54 Å². The Labute approximate surface area is 110 Å². The van der Waals surface area contributed by atoms with E-state index < -0.39 is 0 Å². The third-order valence-electron chi connectivity index (χ3n) is 3.53. The quantitative estimate of drug-likeness (QED) is 0.871. The molecule has 18 heavy (non-hydrogen) atoms. The van der Waals surface area contributed by atoms with Crippen molar-refractivity contribution in [3.63, 3.8) is 0 Å². The summed E-state index contributed by atoms with van der Waals surface area (Å²) in [5.41, 5.74) is 1.30. The summed E-state index contributed by atoms with van der Waals surface area (Å²) >= 11 is 0. The first kappa shape index (κ1) is 13.3. The Hall–Kier alpha value is -1.13. The zero-order chi connectivity index (χ0) is 13.0. The second-order valence-electron chi connectivity index (χ2n) is 5.13. The highest BCUT2D eigenvalue weighted by Gasteiger charge is 2.15. The van der Waals surface area contributed by atoms with Gasteiger partial charge in [-0.3, -0.25) is 4.90 Å². The number of nitrogens with zero attached hydrogens (tertiary/aromatic N) is 3. The maximum atomic E-state index is 4.52. The summed E-state index contributed by atoms with van der Waals surface area (Å²) in [6.07, 6.45) is 2.01. The average Bonchev–Trinajstić information content (AvgIpc) is 2.39. The van der Waals surface area contributed by atoms with Crippen LogP contribution in [0.25, 0.3) is 0 Å². The maximum Gasteiger partial charge on any atom is 0.128 e. The molecule has 0 amide bonds. The van der Waals surface area contributed by atoms with Crippen LogP contribution >= 0.6 is 0 Å². The molecule has 2 rings (SSSR count). The Morgan fingerprint density at radius 3 is 2.94 bits per heavy atom. The first-order valence-electron chi connectivity index (χ1n) is 6.81. The van der Waals surface area contributed by atoms with Gasteiger partial charge in [0.15, 0.2) is 0 Å². The summed E-state index contributed by atoms with van der Waals surface area (Å²) in [5, 5.41) is 3.47. The number of aromatic nitrogens is 1. The molecule has 0 spiro atoms. The van der Waals surface area contributed by atoms with E-state index in [-0.39, 0.29) is 0 Å². The second kappa shape index (κ2) is 6.16. The van der Waals surface area contributed by atoms with Crippen LogP contribution in [0.3, 0.4) is 0 Å². The number of pyridine rings is 1. The van der Waals surface area contributed by atoms with Crippen LogP contribution in [0.1, 0.15) is 19.4 Å². The number of hydrogen-bond acceptors (Lipinski definition) is 4. The first-order valence-corrected chi connectivity index (χ1v) is 6.81. The van der Waals surface area contributed by atoms with Gasteiger partial charge in [-0.2, -0.15) is 0 Å². The fraction of sp³-hybridized carbons (Fsp3) is 0.643. The Morgan fingerprint density at radius 1 is 1.50 bits per heavy atom. The lowest BCUT2D eigenvalue weighted by molar-refractivity contribution is 0.199. The van der Waals surface area contributed by atoms with Gasteiger partial charge in [-0.05, 0) is 25.5 Å². The lowest BCUT2D eigenvalue weighted by Gasteiger charge is -2.31. The molecular weight excluding hydrogens is 224 g/mol. The van der Waals surface area contributed by atoms with E-state index in [4.69, 9.17) is 0 Å². The Morgan fingerprint density at radius 2 is 2.33 bits per heavy atom. The van der Waals surface area contributed by atoms with Crippen LogP contribution in [0, 0.1) is 0 Å². The van der Waals surface area contributed by atoms with Crippen molar-refractivity contribution >= 4 is 5.82 Å². The van der Waals surface area contributed by atoms with Crippen LogP contribution < -0.4 is 10.2 Å². The van der Waals surface area contributed by atoms with Crippen molar-refractivity contribution in [2.45, 2.75) is 26.4 Å². The predicted molar refractivity (Wildman–Crippen MR) is 75.9 cm³/mol. The zero-order valence-corrected chi connectivity index (χ0v) is 11.7. The normalized spacial score (nSPS) is 20.9. The van der Waals surface area contributed by atoms with Crippen molar-refractivity contribution in [2.24, 2.45) is 0 Å². The molecule has 0 saturated carbocycles. The summed E-state index contributed by atoms with van der Waals surface area (Å²) in [6.45, 7) is 9.71. The molecule has 4 heteroatoms. The van der Waals surface area contributed by atoms with Crippen molar-refractivity contribution in [1.82, 2.24) is 15.2 Å². The van der Waals surface area contributed by atoms with E-state index in [0.29, 0.717) is 6.04 Å². The van der Waals surface area contributed by atoms with Crippen LogP contribution in [0.15, 0.2) is 18.3 Å². The molecule has 1 saturated heterocycles. The smallest absolute Gasteiger partial charge is 0.128 e. The minimum atomic E-state index is 0.595. The third kappa shape index (κ3) is 3.43. The van der Waals surface area contributed by atoms with Gasteiger partial charge in [-0.25, -0.2) is 4.98 Å². The molecule has 0 radical (unpaired) electrons. The van der Waals surface area contributed by atoms with Gasteiger partial charge in [0.05, 0.1) is 0 Å². The molecule has 1 fully saturated rings. The van der Waals surface area contributed by atoms with Gasteiger partial charge in [0, 0.05) is 52.0 Å². The molecule has 1 aliphatic heterocycles. The van der Waals surface area contributed by atoms with E-state index in [1.54, 1.807) is 0 Å². The van der Waals surface area contributed by atoms with Crippen LogP contribution in [0.2, 0.25) is 0 Å². The van der Waals surface area contributed by atoms with E-state index >= 15 is 0 Å². The molecule has 1 atom stereocenters. The summed E-state index contributed by atoms with van der Waals surface area (Å²) in [4.78, 5) is 9.15. The van der Waals surface area contributed by atoms with Gasteiger partial charge in [0.2, 0.25) is 0 Å². The van der Waals surface area contributed by atoms with Gasteiger partial charge in [-0.15, -0.1) is 0 Å². The number of piperazine rings is 1. The van der Waals surface area contributed by atoms with Gasteiger partial charge in [-0.1, -0.05) is 6.07 Å². The second-order valence-corrected chi connectivity index (χ2v) is 5.13. The summed E-state index contributed by atoms with van der Waals surface area (Å²) in [7, 11) is 2.07. The highest BCUT2D eigenvalue weighted by Crippen LogP contribution is 2.11. The van der Waals surface area contributed by atoms with E-state index in [0.717, 1.165) is 38.5 Å². The molecule has 1 aromatic heterocycles. The highest BCUT2D eigenvalue weighted by atomic mass is 15.2. The number of nitrogens with one attached hydrogen (secondary N) is 1. The third-order valence-corrected chi connectivity index (χ3v) is 3.53. The number of hydrogen-bond donors (Lipinski definition) is 1. The Balaban J connectivity index is 1.93. The summed E-state index contributed by atoms with van der Waals surface area (Å²) < 4.78 is 0. The molecule has 1 N–H and O–H groups in total. The van der Waals surface area contributed by atoms with Crippen molar-refractivity contribution < 1.29 is 0 Å². The van der Waals surface area contributed by atoms with E-state index in [1.807, 2.05) is 6.20 Å².